The van der Waals surface area contributed by atoms with E-state index >= 15 is 26.3 Å². The van der Waals surface area contributed by atoms with Gasteiger partial charge in [0.2, 0.25) is 0 Å². The van der Waals surface area contributed by atoms with Crippen LogP contribution in [0, 0.1) is 11.3 Å². The van der Waals surface area contributed by atoms with Crippen molar-refractivity contribution in [2.75, 3.05) is 0 Å². The summed E-state index contributed by atoms with van der Waals surface area (Å²) >= 11 is 0. The van der Waals surface area contributed by atoms with Crippen molar-refractivity contribution in [3.8, 4) is 39.9 Å². The highest BCUT2D eigenvalue weighted by atomic mass is 19.4. The molecule has 0 aliphatic rings. The molecule has 4 aromatic heterocycles. The largest absolute Gasteiger partial charge is 0.417 e. The number of benzene rings is 10. The van der Waals surface area contributed by atoms with E-state index in [1.807, 2.05) is 167 Å². The summed E-state index contributed by atoms with van der Waals surface area (Å²) in [6.45, 7) is 0. The molecule has 0 atom stereocenters. The van der Waals surface area contributed by atoms with Crippen molar-refractivity contribution in [2.24, 2.45) is 0 Å². The van der Waals surface area contributed by atoms with Crippen molar-refractivity contribution >= 4 is 87.2 Å². The lowest BCUT2D eigenvalue weighted by Crippen LogP contribution is -2.15. The normalized spacial score (nSPS) is 12.4. The maximum absolute atomic E-state index is 15.4. The molecule has 0 saturated heterocycles. The lowest BCUT2D eigenvalue weighted by Gasteiger charge is -2.22. The van der Waals surface area contributed by atoms with E-state index in [1.165, 1.54) is 12.1 Å². The molecule has 14 aromatic rings. The molecule has 0 aliphatic carbocycles. The number of nitriles is 1. The average Bonchev–Trinajstić information content (AvgIpc) is 4.15. The zero-order valence-corrected chi connectivity index (χ0v) is 38.7. The fraction of sp³-hybridized carbons (Fsp3) is 0.0317. The summed E-state index contributed by atoms with van der Waals surface area (Å²) in [4.78, 5) is 0. The first-order chi connectivity index (χ1) is 36.0. The van der Waals surface area contributed by atoms with E-state index in [2.05, 4.69) is 39.5 Å². The van der Waals surface area contributed by atoms with Gasteiger partial charge in [0, 0.05) is 60.0 Å². The van der Waals surface area contributed by atoms with Crippen LogP contribution in [0.3, 0.4) is 0 Å². The van der Waals surface area contributed by atoms with Gasteiger partial charge in [-0.05, 0) is 90.5 Å². The first-order valence-corrected chi connectivity index (χ1v) is 23.9. The SMILES string of the molecule is N#Cc1c(-n2c3ccccc3c3ccc(-n4c5ccccc5c5ccccc54)cc32)cc(-c2c(C(F)(F)F)cccc2C(F)(F)F)cc1-n1c2ccccc2c2ccc(-n3c4ccccc4c4ccccc43)cc21. The Kier molecular flexibility index (Phi) is 9.20. The smallest absolute Gasteiger partial charge is 0.309 e. The molecule has 5 nitrogen and oxygen atoms in total. The first-order valence-electron chi connectivity index (χ1n) is 23.9. The molecular weight excluding hydrogens is 941 g/mol. The fourth-order valence-electron chi connectivity index (χ4n) is 11.7. The minimum absolute atomic E-state index is 0.0293. The molecule has 10 aromatic carbocycles. The van der Waals surface area contributed by atoms with Crippen LogP contribution in [-0.4, -0.2) is 18.3 Å². The van der Waals surface area contributed by atoms with E-state index < -0.39 is 29.0 Å². The van der Waals surface area contributed by atoms with E-state index in [4.69, 9.17) is 0 Å². The van der Waals surface area contributed by atoms with Gasteiger partial charge in [0.25, 0.3) is 0 Å². The molecule has 0 fully saturated rings. The molecule has 0 N–H and O–H groups in total. The van der Waals surface area contributed by atoms with Crippen LogP contribution in [0.4, 0.5) is 26.3 Å². The highest BCUT2D eigenvalue weighted by Gasteiger charge is 2.41. The Hall–Kier alpha value is -9.53. The van der Waals surface area contributed by atoms with Gasteiger partial charge in [-0.15, -0.1) is 0 Å². The number of aromatic nitrogens is 4. The molecule has 4 heterocycles. The summed E-state index contributed by atoms with van der Waals surface area (Å²) in [5.74, 6) is 0. The van der Waals surface area contributed by atoms with Crippen molar-refractivity contribution in [1.29, 1.82) is 5.26 Å². The van der Waals surface area contributed by atoms with E-state index in [1.54, 1.807) is 0 Å². The zero-order chi connectivity index (χ0) is 50.2. The van der Waals surface area contributed by atoms with Crippen LogP contribution in [0.1, 0.15) is 16.7 Å². The van der Waals surface area contributed by atoms with Gasteiger partial charge in [0.1, 0.15) is 11.6 Å². The average molecular weight is 976 g/mol. The summed E-state index contributed by atoms with van der Waals surface area (Å²) in [5, 5.41) is 18.9. The second-order valence-corrected chi connectivity index (χ2v) is 18.6. The summed E-state index contributed by atoms with van der Waals surface area (Å²) < 4.78 is 100. The Morgan fingerprint density at radius 2 is 0.608 bits per heavy atom. The van der Waals surface area contributed by atoms with Crippen LogP contribution in [-0.2, 0) is 12.4 Å². The van der Waals surface area contributed by atoms with Gasteiger partial charge < -0.3 is 18.3 Å². The molecule has 354 valence electrons. The minimum Gasteiger partial charge on any atom is -0.309 e. The van der Waals surface area contributed by atoms with Crippen LogP contribution < -0.4 is 0 Å². The van der Waals surface area contributed by atoms with Gasteiger partial charge in [-0.1, -0.05) is 127 Å². The first kappa shape index (κ1) is 43.3. The van der Waals surface area contributed by atoms with Crippen molar-refractivity contribution in [3.63, 3.8) is 0 Å². The molecule has 0 unspecified atom stereocenters. The molecule has 0 amide bonds. The lowest BCUT2D eigenvalue weighted by molar-refractivity contribution is -0.142. The van der Waals surface area contributed by atoms with E-state index in [-0.39, 0.29) is 22.5 Å². The predicted octanol–water partition coefficient (Wildman–Crippen LogP) is 17.7. The Morgan fingerprint density at radius 1 is 0.311 bits per heavy atom. The van der Waals surface area contributed by atoms with E-state index in [0.717, 1.165) is 82.6 Å². The third-order valence-corrected chi connectivity index (χ3v) is 14.6. The van der Waals surface area contributed by atoms with E-state index in [0.29, 0.717) is 34.2 Å². The third-order valence-electron chi connectivity index (χ3n) is 14.6. The number of rotatable bonds is 5. The number of para-hydroxylation sites is 6. The summed E-state index contributed by atoms with van der Waals surface area (Å²) in [6, 6.07) is 66.3. The molecule has 0 saturated carbocycles. The quantitative estimate of drug-likeness (QED) is 0.159. The molecule has 11 heteroatoms. The Bertz CT molecular complexity index is 4340. The fourth-order valence-corrected chi connectivity index (χ4v) is 11.7. The summed E-state index contributed by atoms with van der Waals surface area (Å²) in [5.41, 5.74) is 3.52. The number of fused-ring (bicyclic) bond motifs is 12. The third kappa shape index (κ3) is 6.24. The Labute approximate surface area is 416 Å². The standard InChI is InChI=1S/C63H35F6N5/c64-62(65,66)49-20-13-21-50(63(67,68)69)61(49)37-32-57(73-55-26-11-5-18-44(55)46-30-28-38(34-59(46)73)71-51-22-7-1-14-40(51)41-15-2-8-23-52(41)71)48(36-70)58(33-37)74-56-27-12-6-19-45(56)47-31-29-39(35-60(47)74)72-53-24-9-3-16-42(53)43-17-4-10-25-54(43)72/h1-35H. The molecule has 0 spiro atoms. The topological polar surface area (TPSA) is 43.5 Å². The van der Waals surface area contributed by atoms with Gasteiger partial charge in [0.15, 0.2) is 0 Å². The van der Waals surface area contributed by atoms with Crippen LogP contribution in [0.5, 0.6) is 0 Å². The molecular formula is C63H35F6N5. The lowest BCUT2D eigenvalue weighted by atomic mass is 9.91. The van der Waals surface area contributed by atoms with Crippen LogP contribution in [0.25, 0.3) is 121 Å². The Balaban J connectivity index is 1.14. The van der Waals surface area contributed by atoms with Crippen molar-refractivity contribution < 1.29 is 26.3 Å². The van der Waals surface area contributed by atoms with Gasteiger partial charge >= 0.3 is 12.4 Å². The second-order valence-electron chi connectivity index (χ2n) is 18.6. The van der Waals surface area contributed by atoms with Gasteiger partial charge in [0.05, 0.1) is 66.6 Å². The maximum atomic E-state index is 15.4. The van der Waals surface area contributed by atoms with Gasteiger partial charge in [-0.3, -0.25) is 0 Å². The molecule has 0 radical (unpaired) electrons. The number of hydrogen-bond donors (Lipinski definition) is 0. The highest BCUT2D eigenvalue weighted by molar-refractivity contribution is 6.14. The number of alkyl halides is 6. The molecule has 0 aliphatic heterocycles. The van der Waals surface area contributed by atoms with E-state index in [9.17, 15) is 5.26 Å². The number of nitrogens with zero attached hydrogens (tertiary/aromatic N) is 5. The monoisotopic (exact) mass is 975 g/mol. The maximum Gasteiger partial charge on any atom is 0.417 e. The van der Waals surface area contributed by atoms with Crippen LogP contribution >= 0.6 is 0 Å². The van der Waals surface area contributed by atoms with Crippen LogP contribution in [0.15, 0.2) is 212 Å². The second kappa shape index (κ2) is 15.7. The number of hydrogen-bond acceptors (Lipinski definition) is 1. The minimum atomic E-state index is -5.20. The van der Waals surface area contributed by atoms with Gasteiger partial charge in [-0.25, -0.2) is 0 Å². The van der Waals surface area contributed by atoms with Crippen LogP contribution in [0.2, 0.25) is 0 Å². The van der Waals surface area contributed by atoms with Gasteiger partial charge in [-0.2, -0.15) is 31.6 Å². The molecule has 74 heavy (non-hydrogen) atoms. The summed E-state index contributed by atoms with van der Waals surface area (Å²) in [6.07, 6.45) is -10.4. The molecule has 0 bridgehead atoms. The van der Waals surface area contributed by atoms with Crippen molar-refractivity contribution in [3.05, 3.63) is 229 Å². The van der Waals surface area contributed by atoms with Crippen molar-refractivity contribution in [1.82, 2.24) is 18.3 Å². The van der Waals surface area contributed by atoms with Crippen molar-refractivity contribution in [2.45, 2.75) is 12.4 Å². The summed E-state index contributed by atoms with van der Waals surface area (Å²) in [7, 11) is 0. The Morgan fingerprint density at radius 3 is 0.919 bits per heavy atom. The predicted molar refractivity (Wildman–Crippen MR) is 284 cm³/mol. The number of halogens is 6. The highest BCUT2D eigenvalue weighted by Crippen LogP contribution is 2.48. The zero-order valence-electron chi connectivity index (χ0n) is 38.7. The molecule has 14 rings (SSSR count).